The van der Waals surface area contributed by atoms with Crippen LogP contribution in [0.2, 0.25) is 0 Å². The smallest absolute Gasteiger partial charge is 0.208 e. The minimum absolute atomic E-state index is 0.0980. The van der Waals surface area contributed by atoms with Gasteiger partial charge in [-0.1, -0.05) is 49.6 Å². The molecule has 0 amide bonds. The van der Waals surface area contributed by atoms with E-state index in [1.807, 2.05) is 26.0 Å². The summed E-state index contributed by atoms with van der Waals surface area (Å²) in [5.41, 5.74) is 1.05. The fourth-order valence-electron chi connectivity index (χ4n) is 1.84. The number of allylic oxidation sites excluding steroid dienone is 1. The Kier molecular flexibility index (Phi) is 6.96. The molecule has 0 aliphatic rings. The third-order valence-corrected chi connectivity index (χ3v) is 4.67. The van der Waals surface area contributed by atoms with Gasteiger partial charge in [0.1, 0.15) is 0 Å². The van der Waals surface area contributed by atoms with Gasteiger partial charge in [0.15, 0.2) is 0 Å². The predicted octanol–water partition coefficient (Wildman–Crippen LogP) is 3.80. The topological polar surface area (TPSA) is 46.2 Å². The molecule has 0 unspecified atom stereocenters. The van der Waals surface area contributed by atoms with E-state index in [2.05, 4.69) is 23.8 Å². The molecule has 0 saturated carbocycles. The van der Waals surface area contributed by atoms with E-state index in [-0.39, 0.29) is 6.04 Å². The fourth-order valence-corrected chi connectivity index (χ4v) is 3.10. The van der Waals surface area contributed by atoms with E-state index >= 15 is 0 Å². The first-order valence-electron chi connectivity index (χ1n) is 7.19. The van der Waals surface area contributed by atoms with Crippen molar-refractivity contribution in [2.24, 2.45) is 0 Å². The summed E-state index contributed by atoms with van der Waals surface area (Å²) in [4.78, 5) is 0.324. The van der Waals surface area contributed by atoms with Crippen LogP contribution in [-0.2, 0) is 10.0 Å². The quantitative estimate of drug-likeness (QED) is 0.586. The van der Waals surface area contributed by atoms with Crippen LogP contribution in [0.4, 0.5) is 0 Å². The summed E-state index contributed by atoms with van der Waals surface area (Å²) < 4.78 is 27.0. The standard InChI is InChI=1S/C16H25NO2S/c1-4-5-6-7-8-9-15(3)17-20(18,19)16-12-10-14(2)11-13-16/h7-8,10-13,15,17H,4-6,9H2,1-3H3/b8-7+/t15-/m1/s1. The van der Waals surface area contributed by atoms with E-state index < -0.39 is 10.0 Å². The van der Waals surface area contributed by atoms with Crippen molar-refractivity contribution in [2.45, 2.75) is 57.4 Å². The van der Waals surface area contributed by atoms with E-state index in [1.165, 1.54) is 12.8 Å². The Morgan fingerprint density at radius 2 is 1.85 bits per heavy atom. The van der Waals surface area contributed by atoms with E-state index in [4.69, 9.17) is 0 Å². The molecule has 1 aromatic carbocycles. The molecule has 3 nitrogen and oxygen atoms in total. The van der Waals surface area contributed by atoms with Gasteiger partial charge in [0.05, 0.1) is 4.90 Å². The first kappa shape index (κ1) is 16.9. The molecule has 0 heterocycles. The number of sulfonamides is 1. The number of rotatable bonds is 8. The van der Waals surface area contributed by atoms with Crippen LogP contribution in [0.5, 0.6) is 0 Å². The van der Waals surface area contributed by atoms with Crippen LogP contribution in [-0.4, -0.2) is 14.5 Å². The Bertz CT molecular complexity index is 518. The number of unbranched alkanes of at least 4 members (excludes halogenated alkanes) is 2. The van der Waals surface area contributed by atoms with Gasteiger partial charge in [0.2, 0.25) is 10.0 Å². The maximum absolute atomic E-state index is 12.2. The first-order chi connectivity index (χ1) is 9.45. The highest BCUT2D eigenvalue weighted by Crippen LogP contribution is 2.11. The summed E-state index contributed by atoms with van der Waals surface area (Å²) in [6.07, 6.45) is 8.32. The van der Waals surface area contributed by atoms with Gasteiger partial charge in [0.25, 0.3) is 0 Å². The normalized spacial score (nSPS) is 13.8. The van der Waals surface area contributed by atoms with Gasteiger partial charge in [-0.25, -0.2) is 13.1 Å². The van der Waals surface area contributed by atoms with Gasteiger partial charge in [-0.15, -0.1) is 0 Å². The van der Waals surface area contributed by atoms with Crippen LogP contribution in [0.1, 0.15) is 45.1 Å². The minimum Gasteiger partial charge on any atom is -0.208 e. The maximum Gasteiger partial charge on any atom is 0.240 e. The molecule has 0 bridgehead atoms. The molecular formula is C16H25NO2S. The van der Waals surface area contributed by atoms with Crippen LogP contribution in [0.15, 0.2) is 41.3 Å². The van der Waals surface area contributed by atoms with Crippen LogP contribution in [0.25, 0.3) is 0 Å². The first-order valence-corrected chi connectivity index (χ1v) is 8.68. The Morgan fingerprint density at radius 1 is 1.20 bits per heavy atom. The fraction of sp³-hybridized carbons (Fsp3) is 0.500. The molecule has 0 spiro atoms. The largest absolute Gasteiger partial charge is 0.240 e. The van der Waals surface area contributed by atoms with Crippen molar-refractivity contribution >= 4 is 10.0 Å². The maximum atomic E-state index is 12.2. The molecule has 112 valence electrons. The highest BCUT2D eigenvalue weighted by Gasteiger charge is 2.16. The lowest BCUT2D eigenvalue weighted by molar-refractivity contribution is 0.562. The Labute approximate surface area is 123 Å². The lowest BCUT2D eigenvalue weighted by atomic mass is 10.2. The molecule has 4 heteroatoms. The van der Waals surface area contributed by atoms with Crippen molar-refractivity contribution in [3.63, 3.8) is 0 Å². The second-order valence-corrected chi connectivity index (χ2v) is 6.90. The summed E-state index contributed by atoms with van der Waals surface area (Å²) >= 11 is 0. The number of hydrogen-bond donors (Lipinski definition) is 1. The van der Waals surface area contributed by atoms with Crippen molar-refractivity contribution in [1.82, 2.24) is 4.72 Å². The average molecular weight is 295 g/mol. The van der Waals surface area contributed by atoms with Crippen molar-refractivity contribution in [3.8, 4) is 0 Å². The lowest BCUT2D eigenvalue weighted by Gasteiger charge is -2.12. The van der Waals surface area contributed by atoms with Crippen molar-refractivity contribution < 1.29 is 8.42 Å². The molecule has 0 fully saturated rings. The summed E-state index contributed by atoms with van der Waals surface area (Å²) in [5.74, 6) is 0. The second kappa shape index (κ2) is 8.22. The average Bonchev–Trinajstić information content (AvgIpc) is 2.38. The van der Waals surface area contributed by atoms with Crippen LogP contribution < -0.4 is 4.72 Å². The van der Waals surface area contributed by atoms with E-state index in [1.54, 1.807) is 12.1 Å². The van der Waals surface area contributed by atoms with Crippen molar-refractivity contribution in [2.75, 3.05) is 0 Å². The number of benzene rings is 1. The van der Waals surface area contributed by atoms with Crippen LogP contribution in [0, 0.1) is 6.92 Å². The van der Waals surface area contributed by atoms with Gasteiger partial charge in [-0.05, 0) is 38.8 Å². The molecule has 0 aliphatic carbocycles. The number of aryl methyl sites for hydroxylation is 1. The van der Waals surface area contributed by atoms with Gasteiger partial charge in [-0.3, -0.25) is 0 Å². The van der Waals surface area contributed by atoms with Crippen LogP contribution >= 0.6 is 0 Å². The Morgan fingerprint density at radius 3 is 2.45 bits per heavy atom. The molecule has 1 N–H and O–H groups in total. The third-order valence-electron chi connectivity index (χ3n) is 3.07. The molecule has 20 heavy (non-hydrogen) atoms. The highest BCUT2D eigenvalue weighted by molar-refractivity contribution is 7.89. The Hall–Kier alpha value is -1.13. The zero-order valence-electron chi connectivity index (χ0n) is 12.6. The number of hydrogen-bond acceptors (Lipinski definition) is 2. The van der Waals surface area contributed by atoms with E-state index in [9.17, 15) is 8.42 Å². The van der Waals surface area contributed by atoms with Gasteiger partial charge in [-0.2, -0.15) is 0 Å². The van der Waals surface area contributed by atoms with Gasteiger partial charge >= 0.3 is 0 Å². The molecule has 0 aliphatic heterocycles. The summed E-state index contributed by atoms with van der Waals surface area (Å²) in [5, 5.41) is 0. The van der Waals surface area contributed by atoms with Crippen molar-refractivity contribution in [3.05, 3.63) is 42.0 Å². The van der Waals surface area contributed by atoms with Gasteiger partial charge in [0, 0.05) is 6.04 Å². The summed E-state index contributed by atoms with van der Waals surface area (Å²) in [6, 6.07) is 6.80. The predicted molar refractivity (Wildman–Crippen MR) is 84.2 cm³/mol. The zero-order chi connectivity index (χ0) is 15.0. The molecule has 1 rings (SSSR count). The second-order valence-electron chi connectivity index (χ2n) is 5.18. The van der Waals surface area contributed by atoms with E-state index in [0.29, 0.717) is 4.90 Å². The zero-order valence-corrected chi connectivity index (χ0v) is 13.4. The SMILES string of the molecule is CCCC/C=C/C[C@@H](C)NS(=O)(=O)c1ccc(C)cc1. The summed E-state index contributed by atoms with van der Waals surface area (Å²) in [6.45, 7) is 5.98. The molecule has 0 radical (unpaired) electrons. The van der Waals surface area contributed by atoms with Crippen LogP contribution in [0.3, 0.4) is 0 Å². The Balaban J connectivity index is 2.53. The number of nitrogens with one attached hydrogen (secondary N) is 1. The van der Waals surface area contributed by atoms with E-state index in [0.717, 1.165) is 18.4 Å². The van der Waals surface area contributed by atoms with Gasteiger partial charge < -0.3 is 0 Å². The minimum atomic E-state index is -3.41. The molecule has 0 saturated heterocycles. The molecule has 1 aromatic rings. The molecular weight excluding hydrogens is 270 g/mol. The molecule has 0 aromatic heterocycles. The van der Waals surface area contributed by atoms with Crippen molar-refractivity contribution in [1.29, 1.82) is 0 Å². The monoisotopic (exact) mass is 295 g/mol. The highest BCUT2D eigenvalue weighted by atomic mass is 32.2. The third kappa shape index (κ3) is 5.88. The summed E-state index contributed by atoms with van der Waals surface area (Å²) in [7, 11) is -3.41. The lowest BCUT2D eigenvalue weighted by Crippen LogP contribution is -2.32. The molecule has 1 atom stereocenters.